The molecule has 0 saturated carbocycles. The van der Waals surface area contributed by atoms with Crippen LogP contribution in [0.2, 0.25) is 0 Å². The van der Waals surface area contributed by atoms with Crippen LogP contribution in [0.25, 0.3) is 93.6 Å². The van der Waals surface area contributed by atoms with Gasteiger partial charge in [0, 0.05) is 43.7 Å². The SMILES string of the molecule is [2H]c1c([2H])c([2H])c2c(c1[2H])c1c(-n3c4c([2H])c([2H])c([2H])c([2H])c4c4c([2H])c([2H])c(-n5c6c([2H])c([2H])c([2H])c([2H])c6c6c([2H])c([2H])c([2H])c([2H])c65)c([2H])c43)c([2H])c([2H])c([2H])c1n2-c1ccc(-c2ccccc2)cc1. The lowest BCUT2D eigenvalue weighted by molar-refractivity contribution is 1.16. The van der Waals surface area contributed by atoms with Crippen LogP contribution in [-0.4, -0.2) is 13.7 Å². The Hall–Kier alpha value is -6.84. The Kier molecular flexibility index (Phi) is 3.01. The topological polar surface area (TPSA) is 14.8 Å². The fourth-order valence-electron chi connectivity index (χ4n) is 6.90. The van der Waals surface area contributed by atoms with Gasteiger partial charge in [0.2, 0.25) is 0 Å². The number of rotatable bonds is 4. The van der Waals surface area contributed by atoms with E-state index in [2.05, 4.69) is 0 Å². The first kappa shape index (κ1) is 14.2. The van der Waals surface area contributed by atoms with Gasteiger partial charge < -0.3 is 13.7 Å². The Morgan fingerprint density at radius 3 is 1.47 bits per heavy atom. The van der Waals surface area contributed by atoms with Crippen LogP contribution < -0.4 is 0 Å². The van der Waals surface area contributed by atoms with E-state index in [1.54, 1.807) is 24.3 Å². The molecule has 0 amide bonds. The third-order valence-electron chi connectivity index (χ3n) is 9.06. The summed E-state index contributed by atoms with van der Waals surface area (Å²) in [6.45, 7) is 0. The van der Waals surface area contributed by atoms with E-state index in [4.69, 9.17) is 16.4 Å². The molecule has 0 aliphatic rings. The monoisotopic (exact) mass is 671 g/mol. The lowest BCUT2D eigenvalue weighted by atomic mass is 10.1. The highest BCUT2D eigenvalue weighted by Gasteiger charge is 2.20. The van der Waals surface area contributed by atoms with Crippen molar-refractivity contribution in [3.8, 4) is 28.2 Å². The number of para-hydroxylation sites is 4. The van der Waals surface area contributed by atoms with E-state index < -0.39 is 188 Å². The second-order valence-electron chi connectivity index (χ2n) is 11.7. The van der Waals surface area contributed by atoms with Crippen LogP contribution in [0.15, 0.2) is 188 Å². The summed E-state index contributed by atoms with van der Waals surface area (Å²) < 4.78 is 205. The Morgan fingerprint density at radius 2 is 0.824 bits per heavy atom. The standard InChI is InChI=1S/C48H31N3/c1-2-13-32(14-3-1)33-25-27-34(28-26-33)49-44-22-11-7-18-40(44)48-45(49)23-12-24-46(48)51-43-21-10-6-17-38(43)39-30-29-35(31-47(39)51)50-41-19-8-4-15-36(41)37-16-5-9-20-42(37)50/h1-31H/i4D,5D,6D,7D,8D,9D,10D,11D,12D,15D,16D,17D,18D,19D,20D,21D,22D,23D,24D,29D,30D,31D. The Morgan fingerprint density at radius 1 is 0.333 bits per heavy atom. The fraction of sp³-hybridized carbons (Fsp3) is 0. The van der Waals surface area contributed by atoms with Crippen LogP contribution >= 0.6 is 0 Å². The summed E-state index contributed by atoms with van der Waals surface area (Å²) in [4.78, 5) is 0. The zero-order valence-corrected chi connectivity index (χ0v) is 26.0. The van der Waals surface area contributed by atoms with Crippen molar-refractivity contribution >= 4 is 65.4 Å². The molecule has 0 radical (unpaired) electrons. The van der Waals surface area contributed by atoms with E-state index in [0.717, 1.165) is 20.3 Å². The molecule has 0 fully saturated rings. The quantitative estimate of drug-likeness (QED) is 0.177. The van der Waals surface area contributed by atoms with Gasteiger partial charge in [0.05, 0.1) is 68.9 Å². The average molecular weight is 672 g/mol. The van der Waals surface area contributed by atoms with Gasteiger partial charge >= 0.3 is 0 Å². The number of hydrogen-bond donors (Lipinski definition) is 0. The van der Waals surface area contributed by atoms with Gasteiger partial charge in [-0.05, 0) is 71.6 Å². The molecule has 0 spiro atoms. The molecule has 0 atom stereocenters. The third-order valence-corrected chi connectivity index (χ3v) is 9.06. The molecule has 238 valence electrons. The van der Waals surface area contributed by atoms with Crippen LogP contribution in [0, 0.1) is 0 Å². The maximum Gasteiger partial charge on any atom is 0.0667 e. The maximum absolute atomic E-state index is 10.2. The molecule has 3 heterocycles. The van der Waals surface area contributed by atoms with Gasteiger partial charge in [0.15, 0.2) is 0 Å². The van der Waals surface area contributed by atoms with Crippen LogP contribution in [0.3, 0.4) is 0 Å². The van der Waals surface area contributed by atoms with E-state index >= 15 is 0 Å². The molecule has 0 N–H and O–H groups in total. The fourth-order valence-corrected chi connectivity index (χ4v) is 6.90. The van der Waals surface area contributed by atoms with Crippen molar-refractivity contribution in [3.63, 3.8) is 0 Å². The van der Waals surface area contributed by atoms with Crippen molar-refractivity contribution in [2.45, 2.75) is 0 Å². The highest BCUT2D eigenvalue weighted by molar-refractivity contribution is 6.17. The van der Waals surface area contributed by atoms with E-state index in [1.807, 2.05) is 30.3 Å². The van der Waals surface area contributed by atoms with E-state index in [-0.39, 0.29) is 27.5 Å². The maximum atomic E-state index is 10.2. The number of aromatic nitrogens is 3. The first-order valence-electron chi connectivity index (χ1n) is 26.7. The molecule has 3 aromatic heterocycles. The number of hydrogen-bond acceptors (Lipinski definition) is 0. The smallest absolute Gasteiger partial charge is 0.0667 e. The lowest BCUT2D eigenvalue weighted by Crippen LogP contribution is -1.98. The van der Waals surface area contributed by atoms with Crippen LogP contribution in [0.1, 0.15) is 30.2 Å². The molecule has 51 heavy (non-hydrogen) atoms. The average Bonchev–Trinajstić information content (AvgIpc) is 4.05. The van der Waals surface area contributed by atoms with Crippen LogP contribution in [0.5, 0.6) is 0 Å². The molecule has 11 rings (SSSR count). The minimum atomic E-state index is -0.897. The largest absolute Gasteiger partial charge is 0.309 e. The molecule has 3 heteroatoms. The zero-order valence-electron chi connectivity index (χ0n) is 48.0. The number of fused-ring (bicyclic) bond motifs is 9. The normalized spacial score (nSPS) is 18.0. The first-order chi connectivity index (χ1) is 34.5. The van der Waals surface area contributed by atoms with Crippen molar-refractivity contribution in [3.05, 3.63) is 188 Å². The molecule has 0 unspecified atom stereocenters. The van der Waals surface area contributed by atoms with Gasteiger partial charge in [-0.2, -0.15) is 0 Å². The minimum absolute atomic E-state index is 0.217. The van der Waals surface area contributed by atoms with E-state index in [1.165, 1.54) is 4.57 Å². The second-order valence-corrected chi connectivity index (χ2v) is 11.7. The van der Waals surface area contributed by atoms with Crippen molar-refractivity contribution < 1.29 is 30.2 Å². The van der Waals surface area contributed by atoms with Crippen molar-refractivity contribution in [2.24, 2.45) is 0 Å². The summed E-state index contributed by atoms with van der Waals surface area (Å²) in [7, 11) is 0. The van der Waals surface area contributed by atoms with Crippen molar-refractivity contribution in [2.75, 3.05) is 0 Å². The van der Waals surface area contributed by atoms with E-state index in [9.17, 15) is 13.7 Å². The first-order valence-corrected chi connectivity index (χ1v) is 15.7. The number of nitrogens with zero attached hydrogens (tertiary/aromatic N) is 3. The summed E-state index contributed by atoms with van der Waals surface area (Å²) >= 11 is 0. The summed E-state index contributed by atoms with van der Waals surface area (Å²) in [5.74, 6) is 0. The summed E-state index contributed by atoms with van der Waals surface area (Å²) in [5.41, 5.74) is -2.05. The van der Waals surface area contributed by atoms with Gasteiger partial charge in [-0.25, -0.2) is 0 Å². The second kappa shape index (κ2) is 10.8. The van der Waals surface area contributed by atoms with Gasteiger partial charge in [-0.3, -0.25) is 0 Å². The van der Waals surface area contributed by atoms with Crippen LogP contribution in [0.4, 0.5) is 0 Å². The Bertz CT molecular complexity index is 4310. The summed E-state index contributed by atoms with van der Waals surface area (Å²) in [6, 6.07) is -1.07. The van der Waals surface area contributed by atoms with Crippen molar-refractivity contribution in [1.82, 2.24) is 13.7 Å². The molecular weight excluding hydrogens is 619 g/mol. The molecule has 0 bridgehead atoms. The highest BCUT2D eigenvalue weighted by Crippen LogP contribution is 2.41. The zero-order chi connectivity index (χ0) is 52.6. The molecule has 0 saturated heterocycles. The van der Waals surface area contributed by atoms with Gasteiger partial charge in [0.25, 0.3) is 0 Å². The molecule has 3 nitrogen and oxygen atoms in total. The molecule has 8 aromatic carbocycles. The molecular formula is C48H31N3. The predicted octanol–water partition coefficient (Wildman–Crippen LogP) is 12.6. The Balaban J connectivity index is 1.42. The molecule has 0 aliphatic heterocycles. The van der Waals surface area contributed by atoms with Crippen molar-refractivity contribution in [1.29, 1.82) is 0 Å². The highest BCUT2D eigenvalue weighted by atomic mass is 15.0. The summed E-state index contributed by atoms with van der Waals surface area (Å²) in [6.07, 6.45) is 0. The predicted molar refractivity (Wildman–Crippen MR) is 215 cm³/mol. The number of benzene rings is 8. The van der Waals surface area contributed by atoms with Crippen LogP contribution in [-0.2, 0) is 0 Å². The van der Waals surface area contributed by atoms with E-state index in [0.29, 0.717) is 0 Å². The van der Waals surface area contributed by atoms with Gasteiger partial charge in [0.1, 0.15) is 0 Å². The molecule has 11 aromatic rings. The minimum Gasteiger partial charge on any atom is -0.309 e. The third kappa shape index (κ3) is 4.06. The van der Waals surface area contributed by atoms with Gasteiger partial charge in [-0.1, -0.05) is 127 Å². The molecule has 0 aliphatic carbocycles. The Labute approximate surface area is 325 Å². The summed E-state index contributed by atoms with van der Waals surface area (Å²) in [5, 5.41) is -2.39. The van der Waals surface area contributed by atoms with Gasteiger partial charge in [-0.15, -0.1) is 0 Å². The lowest BCUT2D eigenvalue weighted by Gasteiger charge is -2.13.